The number of carbonyl (C=O) groups is 1. The first-order chi connectivity index (χ1) is 12.9. The van der Waals surface area contributed by atoms with Crippen molar-refractivity contribution in [1.82, 2.24) is 15.1 Å². The number of aryl methyl sites for hydroxylation is 1. The number of aromatic nitrogens is 2. The Hall–Kier alpha value is -2.15. The van der Waals surface area contributed by atoms with E-state index in [1.165, 1.54) is 0 Å². The highest BCUT2D eigenvalue weighted by atomic mass is 79.9. The molecule has 0 saturated heterocycles. The number of benzene rings is 2. The molecule has 3 aromatic rings. The van der Waals surface area contributed by atoms with Gasteiger partial charge in [0, 0.05) is 34.2 Å². The summed E-state index contributed by atoms with van der Waals surface area (Å²) in [6.07, 6.45) is 0. The fourth-order valence-corrected chi connectivity index (χ4v) is 3.04. The third-order valence-corrected chi connectivity index (χ3v) is 5.01. The molecule has 0 aliphatic rings. The summed E-state index contributed by atoms with van der Waals surface area (Å²) in [5.74, 6) is 0.521. The van der Waals surface area contributed by atoms with Crippen LogP contribution in [-0.4, -0.2) is 22.2 Å². The van der Waals surface area contributed by atoms with Crippen LogP contribution in [0.5, 0.6) is 0 Å². The van der Waals surface area contributed by atoms with Crippen molar-refractivity contribution in [3.8, 4) is 11.3 Å². The van der Waals surface area contributed by atoms with Crippen LogP contribution < -0.4 is 10.6 Å². The van der Waals surface area contributed by atoms with Crippen molar-refractivity contribution in [2.75, 3.05) is 11.9 Å². The van der Waals surface area contributed by atoms with Crippen LogP contribution in [0.2, 0.25) is 5.02 Å². The molecule has 1 unspecified atom stereocenters. The van der Waals surface area contributed by atoms with E-state index in [4.69, 9.17) is 11.6 Å². The molecule has 1 heterocycles. The molecule has 0 bridgehead atoms. The van der Waals surface area contributed by atoms with E-state index in [-0.39, 0.29) is 18.5 Å². The maximum atomic E-state index is 12.3. The first kappa shape index (κ1) is 19.6. The maximum Gasteiger partial charge on any atom is 0.239 e. The molecule has 140 valence electrons. The van der Waals surface area contributed by atoms with Gasteiger partial charge in [-0.3, -0.25) is 9.48 Å². The summed E-state index contributed by atoms with van der Waals surface area (Å²) >= 11 is 9.35. The van der Waals surface area contributed by atoms with Gasteiger partial charge in [0.2, 0.25) is 5.91 Å². The smallest absolute Gasteiger partial charge is 0.239 e. The molecular formula is C20H20BrClN4O. The van der Waals surface area contributed by atoms with Gasteiger partial charge in [-0.25, -0.2) is 0 Å². The van der Waals surface area contributed by atoms with Crippen molar-refractivity contribution in [3.63, 3.8) is 0 Å². The predicted octanol–water partition coefficient (Wildman–Crippen LogP) is 4.79. The minimum atomic E-state index is -0.121. The molecular weight excluding hydrogens is 428 g/mol. The van der Waals surface area contributed by atoms with Crippen LogP contribution in [0.25, 0.3) is 11.3 Å². The number of halogens is 2. The number of anilines is 1. The van der Waals surface area contributed by atoms with Gasteiger partial charge in [0.25, 0.3) is 0 Å². The van der Waals surface area contributed by atoms with E-state index in [0.29, 0.717) is 10.8 Å². The number of hydrogen-bond donors (Lipinski definition) is 2. The molecule has 0 saturated carbocycles. The first-order valence-corrected chi connectivity index (χ1v) is 9.68. The van der Waals surface area contributed by atoms with Crippen molar-refractivity contribution < 1.29 is 4.79 Å². The second-order valence-corrected chi connectivity index (χ2v) is 7.60. The molecule has 27 heavy (non-hydrogen) atoms. The monoisotopic (exact) mass is 446 g/mol. The summed E-state index contributed by atoms with van der Waals surface area (Å²) in [5, 5.41) is 11.2. The second kappa shape index (κ2) is 8.69. The van der Waals surface area contributed by atoms with E-state index in [1.54, 1.807) is 11.7 Å². The maximum absolute atomic E-state index is 12.3. The molecule has 2 aromatic carbocycles. The van der Waals surface area contributed by atoms with Gasteiger partial charge in [0.1, 0.15) is 5.82 Å². The number of nitrogens with one attached hydrogen (secondary N) is 2. The Labute approximate surface area is 171 Å². The Morgan fingerprint density at radius 1 is 1.19 bits per heavy atom. The van der Waals surface area contributed by atoms with E-state index < -0.39 is 0 Å². The molecule has 7 heteroatoms. The molecule has 2 N–H and O–H groups in total. The van der Waals surface area contributed by atoms with Crippen LogP contribution >= 0.6 is 27.5 Å². The Bertz CT molecular complexity index is 922. The van der Waals surface area contributed by atoms with Crippen LogP contribution in [0, 0.1) is 0 Å². The lowest BCUT2D eigenvalue weighted by Gasteiger charge is -2.14. The molecule has 0 spiro atoms. The quantitative estimate of drug-likeness (QED) is 0.571. The SMILES string of the molecule is CC(NCC(=O)Nc1cc(-c2ccc(Cl)cc2)nn1C)c1ccc(Br)cc1. The molecule has 0 radical (unpaired) electrons. The third kappa shape index (κ3) is 5.19. The Morgan fingerprint density at radius 3 is 2.52 bits per heavy atom. The first-order valence-electron chi connectivity index (χ1n) is 8.51. The highest BCUT2D eigenvalue weighted by molar-refractivity contribution is 9.10. The lowest BCUT2D eigenvalue weighted by atomic mass is 10.1. The summed E-state index contributed by atoms with van der Waals surface area (Å²) in [7, 11) is 1.80. The number of nitrogens with zero attached hydrogens (tertiary/aromatic N) is 2. The molecule has 5 nitrogen and oxygen atoms in total. The van der Waals surface area contributed by atoms with Crippen molar-refractivity contribution >= 4 is 39.3 Å². The minimum absolute atomic E-state index is 0.0695. The number of rotatable bonds is 6. The zero-order valence-electron chi connectivity index (χ0n) is 15.0. The molecule has 3 rings (SSSR count). The van der Waals surface area contributed by atoms with Crippen molar-refractivity contribution in [2.24, 2.45) is 7.05 Å². The van der Waals surface area contributed by atoms with E-state index in [2.05, 4.69) is 31.7 Å². The van der Waals surface area contributed by atoms with Crippen molar-refractivity contribution in [3.05, 3.63) is 69.7 Å². The molecule has 0 aliphatic carbocycles. The molecule has 0 aliphatic heterocycles. The normalized spacial score (nSPS) is 12.0. The van der Waals surface area contributed by atoms with E-state index in [1.807, 2.05) is 61.5 Å². The zero-order valence-corrected chi connectivity index (χ0v) is 17.4. The second-order valence-electron chi connectivity index (χ2n) is 6.25. The van der Waals surface area contributed by atoms with Crippen LogP contribution in [0.4, 0.5) is 5.82 Å². The van der Waals surface area contributed by atoms with Gasteiger partial charge in [-0.05, 0) is 36.8 Å². The van der Waals surface area contributed by atoms with E-state index >= 15 is 0 Å². The lowest BCUT2D eigenvalue weighted by molar-refractivity contribution is -0.115. The Morgan fingerprint density at radius 2 is 1.85 bits per heavy atom. The van der Waals surface area contributed by atoms with Crippen LogP contribution in [0.1, 0.15) is 18.5 Å². The highest BCUT2D eigenvalue weighted by Crippen LogP contribution is 2.23. The molecule has 0 fully saturated rings. The van der Waals surface area contributed by atoms with Gasteiger partial charge in [0.15, 0.2) is 0 Å². The van der Waals surface area contributed by atoms with Crippen molar-refractivity contribution in [2.45, 2.75) is 13.0 Å². The van der Waals surface area contributed by atoms with Crippen LogP contribution in [-0.2, 0) is 11.8 Å². The topological polar surface area (TPSA) is 59.0 Å². The van der Waals surface area contributed by atoms with Crippen LogP contribution in [0.3, 0.4) is 0 Å². The summed E-state index contributed by atoms with van der Waals surface area (Å²) < 4.78 is 2.68. The minimum Gasteiger partial charge on any atom is -0.310 e. The average Bonchev–Trinajstić information content (AvgIpc) is 3.01. The third-order valence-electron chi connectivity index (χ3n) is 4.23. The highest BCUT2D eigenvalue weighted by Gasteiger charge is 2.12. The van der Waals surface area contributed by atoms with Gasteiger partial charge >= 0.3 is 0 Å². The Kier molecular flexibility index (Phi) is 6.31. The van der Waals surface area contributed by atoms with E-state index in [9.17, 15) is 4.79 Å². The fraction of sp³-hybridized carbons (Fsp3) is 0.200. The van der Waals surface area contributed by atoms with Gasteiger partial charge in [0.05, 0.1) is 12.2 Å². The summed E-state index contributed by atoms with van der Waals surface area (Å²) in [6.45, 7) is 2.23. The van der Waals surface area contributed by atoms with Gasteiger partial charge in [-0.2, -0.15) is 5.10 Å². The van der Waals surface area contributed by atoms with Crippen molar-refractivity contribution in [1.29, 1.82) is 0 Å². The number of amides is 1. The largest absolute Gasteiger partial charge is 0.310 e. The summed E-state index contributed by atoms with van der Waals surface area (Å²) in [6, 6.07) is 17.4. The van der Waals surface area contributed by atoms with Gasteiger partial charge in [-0.15, -0.1) is 0 Å². The van der Waals surface area contributed by atoms with Gasteiger partial charge in [-0.1, -0.05) is 51.8 Å². The fourth-order valence-electron chi connectivity index (χ4n) is 2.65. The van der Waals surface area contributed by atoms with Crippen LogP contribution in [0.15, 0.2) is 59.1 Å². The standard InChI is InChI=1S/C20H20BrClN4O/c1-13(14-3-7-16(21)8-4-14)23-12-20(27)24-19-11-18(25-26(19)2)15-5-9-17(22)10-6-15/h3-11,13,23H,12H2,1-2H3,(H,24,27). The van der Waals surface area contributed by atoms with E-state index in [0.717, 1.165) is 21.3 Å². The predicted molar refractivity (Wildman–Crippen MR) is 113 cm³/mol. The number of carbonyl (C=O) groups excluding carboxylic acids is 1. The summed E-state index contributed by atoms with van der Waals surface area (Å²) in [5.41, 5.74) is 2.84. The Balaban J connectivity index is 1.59. The number of hydrogen-bond acceptors (Lipinski definition) is 3. The lowest BCUT2D eigenvalue weighted by Crippen LogP contribution is -2.30. The average molecular weight is 448 g/mol. The summed E-state index contributed by atoms with van der Waals surface area (Å²) in [4.78, 5) is 12.3. The molecule has 1 atom stereocenters. The van der Waals surface area contributed by atoms with Gasteiger partial charge < -0.3 is 10.6 Å². The zero-order chi connectivity index (χ0) is 19.4. The molecule has 1 amide bonds. The molecule has 1 aromatic heterocycles.